The van der Waals surface area contributed by atoms with E-state index in [-0.39, 0.29) is 12.6 Å². The van der Waals surface area contributed by atoms with E-state index in [1.165, 1.54) is 0 Å². The van der Waals surface area contributed by atoms with Crippen LogP contribution in [0.25, 0.3) is 11.1 Å². The first kappa shape index (κ1) is 17.0. The lowest BCUT2D eigenvalue weighted by Crippen LogP contribution is -2.44. The number of rotatable bonds is 3. The molecule has 1 aliphatic rings. The number of carboxylic acid groups (broad SMARTS) is 1. The quantitative estimate of drug-likeness (QED) is 0.889. The number of hydrogen-bond acceptors (Lipinski definition) is 2. The Morgan fingerprint density at radius 1 is 1.16 bits per heavy atom. The molecule has 2 aromatic carbocycles. The molecule has 0 radical (unpaired) electrons. The first-order valence-corrected chi connectivity index (χ1v) is 8.49. The highest BCUT2D eigenvalue weighted by atomic mass is 16.4. The zero-order valence-corrected chi connectivity index (χ0v) is 14.2. The average Bonchev–Trinajstić information content (AvgIpc) is 2.62. The predicted molar refractivity (Wildman–Crippen MR) is 97.6 cm³/mol. The molecule has 2 aromatic rings. The number of piperidine rings is 1. The van der Waals surface area contributed by atoms with Crippen molar-refractivity contribution in [3.05, 3.63) is 54.1 Å². The van der Waals surface area contributed by atoms with E-state index in [0.29, 0.717) is 13.0 Å². The number of urea groups is 1. The maximum absolute atomic E-state index is 12.4. The van der Waals surface area contributed by atoms with Gasteiger partial charge in [-0.2, -0.15) is 0 Å². The SMILES string of the molecule is Cc1cc(NC(=O)N2CCCC(C(=O)O)C2)ccc1-c1ccccc1. The first-order chi connectivity index (χ1) is 12.0. The van der Waals surface area contributed by atoms with E-state index in [9.17, 15) is 9.59 Å². The van der Waals surface area contributed by atoms with Gasteiger partial charge in [-0.15, -0.1) is 0 Å². The second-order valence-corrected chi connectivity index (χ2v) is 6.45. The Kier molecular flexibility index (Phi) is 5.03. The van der Waals surface area contributed by atoms with Gasteiger partial charge >= 0.3 is 12.0 Å². The number of carbonyl (C=O) groups excluding carboxylic acids is 1. The van der Waals surface area contributed by atoms with Crippen LogP contribution >= 0.6 is 0 Å². The van der Waals surface area contributed by atoms with Crippen molar-refractivity contribution in [1.29, 1.82) is 0 Å². The van der Waals surface area contributed by atoms with Crippen LogP contribution in [0.15, 0.2) is 48.5 Å². The summed E-state index contributed by atoms with van der Waals surface area (Å²) in [6.07, 6.45) is 1.35. The van der Waals surface area contributed by atoms with Crippen LogP contribution in [0.3, 0.4) is 0 Å². The van der Waals surface area contributed by atoms with Crippen LogP contribution in [0.2, 0.25) is 0 Å². The minimum absolute atomic E-state index is 0.238. The van der Waals surface area contributed by atoms with Crippen LogP contribution < -0.4 is 5.32 Å². The molecule has 1 atom stereocenters. The zero-order chi connectivity index (χ0) is 17.8. The minimum atomic E-state index is -0.833. The average molecular weight is 338 g/mol. The Morgan fingerprint density at radius 3 is 2.60 bits per heavy atom. The molecular formula is C20H22N2O3. The maximum Gasteiger partial charge on any atom is 0.321 e. The van der Waals surface area contributed by atoms with E-state index in [2.05, 4.69) is 17.4 Å². The number of benzene rings is 2. The van der Waals surface area contributed by atoms with E-state index in [4.69, 9.17) is 5.11 Å². The topological polar surface area (TPSA) is 69.6 Å². The van der Waals surface area contributed by atoms with Crippen molar-refractivity contribution in [2.75, 3.05) is 18.4 Å². The summed E-state index contributed by atoms with van der Waals surface area (Å²) in [6, 6.07) is 15.7. The maximum atomic E-state index is 12.4. The Labute approximate surface area is 147 Å². The molecule has 1 aliphatic heterocycles. The van der Waals surface area contributed by atoms with Gasteiger partial charge in [-0.25, -0.2) is 4.79 Å². The Hall–Kier alpha value is -2.82. The van der Waals surface area contributed by atoms with Gasteiger partial charge < -0.3 is 15.3 Å². The molecule has 0 spiro atoms. The van der Waals surface area contributed by atoms with Gasteiger partial charge in [0.1, 0.15) is 0 Å². The largest absolute Gasteiger partial charge is 0.481 e. The second kappa shape index (κ2) is 7.38. The molecule has 2 amide bonds. The number of aliphatic carboxylic acids is 1. The molecule has 0 saturated carbocycles. The molecule has 130 valence electrons. The van der Waals surface area contributed by atoms with Gasteiger partial charge in [-0.05, 0) is 48.6 Å². The Bertz CT molecular complexity index is 774. The van der Waals surface area contributed by atoms with E-state index in [1.54, 1.807) is 4.90 Å². The van der Waals surface area contributed by atoms with Crippen molar-refractivity contribution in [3.8, 4) is 11.1 Å². The van der Waals surface area contributed by atoms with E-state index in [0.717, 1.165) is 28.8 Å². The number of amides is 2. The molecule has 0 bridgehead atoms. The Balaban J connectivity index is 1.70. The van der Waals surface area contributed by atoms with Crippen molar-refractivity contribution in [3.63, 3.8) is 0 Å². The molecule has 0 aromatic heterocycles. The van der Waals surface area contributed by atoms with Crippen molar-refractivity contribution < 1.29 is 14.7 Å². The summed E-state index contributed by atoms with van der Waals surface area (Å²) in [5.74, 6) is -1.30. The van der Waals surface area contributed by atoms with E-state index >= 15 is 0 Å². The summed E-state index contributed by atoms with van der Waals surface area (Å²) in [4.78, 5) is 25.1. The molecule has 1 heterocycles. The summed E-state index contributed by atoms with van der Waals surface area (Å²) >= 11 is 0. The third-order valence-electron chi connectivity index (χ3n) is 4.62. The van der Waals surface area contributed by atoms with E-state index < -0.39 is 11.9 Å². The van der Waals surface area contributed by atoms with Crippen molar-refractivity contribution in [2.45, 2.75) is 19.8 Å². The monoisotopic (exact) mass is 338 g/mol. The van der Waals surface area contributed by atoms with Gasteiger partial charge in [0.25, 0.3) is 0 Å². The van der Waals surface area contributed by atoms with Crippen LogP contribution in [-0.2, 0) is 4.79 Å². The molecule has 3 rings (SSSR count). The van der Waals surface area contributed by atoms with Gasteiger partial charge in [0.15, 0.2) is 0 Å². The third-order valence-corrected chi connectivity index (χ3v) is 4.62. The highest BCUT2D eigenvalue weighted by molar-refractivity contribution is 5.90. The summed E-state index contributed by atoms with van der Waals surface area (Å²) in [7, 11) is 0. The molecule has 2 N–H and O–H groups in total. The number of hydrogen-bond donors (Lipinski definition) is 2. The highest BCUT2D eigenvalue weighted by Crippen LogP contribution is 2.26. The second-order valence-electron chi connectivity index (χ2n) is 6.45. The molecule has 1 fully saturated rings. The summed E-state index contributed by atoms with van der Waals surface area (Å²) in [6.45, 7) is 2.87. The molecule has 5 heteroatoms. The number of nitrogens with one attached hydrogen (secondary N) is 1. The summed E-state index contributed by atoms with van der Waals surface area (Å²) in [5.41, 5.74) is 4.06. The van der Waals surface area contributed by atoms with Crippen LogP contribution in [0.1, 0.15) is 18.4 Å². The number of carboxylic acids is 1. The molecule has 0 aliphatic carbocycles. The molecule has 1 saturated heterocycles. The predicted octanol–water partition coefficient (Wildman–Crippen LogP) is 3.99. The lowest BCUT2D eigenvalue weighted by Gasteiger charge is -2.30. The number of carbonyl (C=O) groups is 2. The number of anilines is 1. The Morgan fingerprint density at radius 2 is 1.92 bits per heavy atom. The molecular weight excluding hydrogens is 316 g/mol. The fourth-order valence-corrected chi connectivity index (χ4v) is 3.25. The highest BCUT2D eigenvalue weighted by Gasteiger charge is 2.28. The van der Waals surface area contributed by atoms with Crippen molar-refractivity contribution >= 4 is 17.7 Å². The fourth-order valence-electron chi connectivity index (χ4n) is 3.25. The summed E-state index contributed by atoms with van der Waals surface area (Å²) in [5, 5.41) is 12.0. The third kappa shape index (κ3) is 3.99. The molecule has 25 heavy (non-hydrogen) atoms. The fraction of sp³-hybridized carbons (Fsp3) is 0.300. The zero-order valence-electron chi connectivity index (χ0n) is 14.2. The number of nitrogens with zero attached hydrogens (tertiary/aromatic N) is 1. The van der Waals surface area contributed by atoms with Crippen LogP contribution in [0.5, 0.6) is 0 Å². The number of likely N-dealkylation sites (tertiary alicyclic amines) is 1. The smallest absolute Gasteiger partial charge is 0.321 e. The van der Waals surface area contributed by atoms with Crippen LogP contribution in [0, 0.1) is 12.8 Å². The van der Waals surface area contributed by atoms with Gasteiger partial charge in [-0.1, -0.05) is 36.4 Å². The first-order valence-electron chi connectivity index (χ1n) is 8.49. The van der Waals surface area contributed by atoms with Gasteiger partial charge in [0.2, 0.25) is 0 Å². The normalized spacial score (nSPS) is 17.2. The van der Waals surface area contributed by atoms with Gasteiger partial charge in [0, 0.05) is 18.8 Å². The lowest BCUT2D eigenvalue weighted by molar-refractivity contribution is -0.143. The number of aryl methyl sites for hydroxylation is 1. The summed E-state index contributed by atoms with van der Waals surface area (Å²) < 4.78 is 0. The van der Waals surface area contributed by atoms with Crippen molar-refractivity contribution in [1.82, 2.24) is 4.90 Å². The molecule has 1 unspecified atom stereocenters. The standard InChI is InChI=1S/C20H22N2O3/c1-14-12-17(9-10-18(14)15-6-3-2-4-7-15)21-20(25)22-11-5-8-16(13-22)19(23)24/h2-4,6-7,9-10,12,16H,5,8,11,13H2,1H3,(H,21,25)(H,23,24). The van der Waals surface area contributed by atoms with Crippen LogP contribution in [0.4, 0.5) is 10.5 Å². The van der Waals surface area contributed by atoms with E-state index in [1.807, 2.05) is 43.3 Å². The molecule has 5 nitrogen and oxygen atoms in total. The lowest BCUT2D eigenvalue weighted by atomic mass is 9.98. The van der Waals surface area contributed by atoms with Crippen LogP contribution in [-0.4, -0.2) is 35.1 Å². The van der Waals surface area contributed by atoms with Gasteiger partial charge in [0.05, 0.1) is 5.92 Å². The van der Waals surface area contributed by atoms with Gasteiger partial charge in [-0.3, -0.25) is 4.79 Å². The van der Waals surface area contributed by atoms with Crippen molar-refractivity contribution in [2.24, 2.45) is 5.92 Å². The minimum Gasteiger partial charge on any atom is -0.481 e.